The molecule has 3 aromatic rings. The minimum Gasteiger partial charge on any atom is -0.295 e. The summed E-state index contributed by atoms with van der Waals surface area (Å²) in [5, 5.41) is 3.06. The number of nitrogens with one attached hydrogen (secondary N) is 1. The van der Waals surface area contributed by atoms with Gasteiger partial charge >= 0.3 is 0 Å². The highest BCUT2D eigenvalue weighted by atomic mass is 79.9. The van der Waals surface area contributed by atoms with E-state index < -0.39 is 0 Å². The molecule has 1 aromatic carbocycles. The van der Waals surface area contributed by atoms with Crippen LogP contribution >= 0.6 is 31.9 Å². The summed E-state index contributed by atoms with van der Waals surface area (Å²) in [6.45, 7) is 1.84. The Morgan fingerprint density at radius 3 is 2.70 bits per heavy atom. The van der Waals surface area contributed by atoms with Crippen molar-refractivity contribution in [3.63, 3.8) is 0 Å². The number of aromatic amines is 1. The van der Waals surface area contributed by atoms with E-state index in [-0.39, 0.29) is 5.56 Å². The number of halogens is 2. The van der Waals surface area contributed by atoms with Crippen LogP contribution in [-0.4, -0.2) is 21.0 Å². The summed E-state index contributed by atoms with van der Waals surface area (Å²) in [6.07, 6.45) is 3.19. The number of aliphatic imine (C=N–C) groups is 1. The van der Waals surface area contributed by atoms with Crippen LogP contribution in [0.4, 0.5) is 5.82 Å². The van der Waals surface area contributed by atoms with Crippen molar-refractivity contribution in [1.82, 2.24) is 14.8 Å². The lowest BCUT2D eigenvalue weighted by Crippen LogP contribution is -2.17. The van der Waals surface area contributed by atoms with Crippen LogP contribution in [0.25, 0.3) is 5.69 Å². The average Bonchev–Trinajstić information content (AvgIpc) is 2.82. The number of rotatable bonds is 3. The molecule has 0 amide bonds. The van der Waals surface area contributed by atoms with Gasteiger partial charge in [-0.1, -0.05) is 18.2 Å². The molecule has 0 aliphatic carbocycles. The van der Waals surface area contributed by atoms with Gasteiger partial charge in [-0.25, -0.2) is 14.7 Å². The molecule has 2 aromatic heterocycles. The zero-order chi connectivity index (χ0) is 16.4. The number of aryl methyl sites for hydroxylation is 1. The maximum Gasteiger partial charge on any atom is 0.280 e. The lowest BCUT2D eigenvalue weighted by Gasteiger charge is -1.99. The molecule has 0 bridgehead atoms. The third-order valence-corrected chi connectivity index (χ3v) is 4.25. The number of aromatic nitrogens is 3. The van der Waals surface area contributed by atoms with Crippen molar-refractivity contribution in [2.75, 3.05) is 0 Å². The van der Waals surface area contributed by atoms with Gasteiger partial charge in [-0.05, 0) is 57.0 Å². The summed E-state index contributed by atoms with van der Waals surface area (Å²) in [5.74, 6) is 0.513. The van der Waals surface area contributed by atoms with Crippen LogP contribution in [0, 0.1) is 6.92 Å². The van der Waals surface area contributed by atoms with Crippen molar-refractivity contribution < 1.29 is 0 Å². The maximum absolute atomic E-state index is 12.6. The Balaban J connectivity index is 2.00. The summed E-state index contributed by atoms with van der Waals surface area (Å²) in [4.78, 5) is 21.1. The van der Waals surface area contributed by atoms with Gasteiger partial charge in [-0.15, -0.1) is 0 Å². The molecule has 0 saturated heterocycles. The van der Waals surface area contributed by atoms with Gasteiger partial charge in [0.25, 0.3) is 5.56 Å². The van der Waals surface area contributed by atoms with Crippen LogP contribution in [0.15, 0.2) is 61.3 Å². The summed E-state index contributed by atoms with van der Waals surface area (Å²) < 4.78 is 3.10. The fraction of sp³-hybridized carbons (Fsp3) is 0.0625. The monoisotopic (exact) mass is 434 g/mol. The third-order valence-electron chi connectivity index (χ3n) is 3.24. The molecule has 0 unspecified atom stereocenters. The van der Waals surface area contributed by atoms with Crippen molar-refractivity contribution in [2.45, 2.75) is 6.92 Å². The highest BCUT2D eigenvalue weighted by molar-refractivity contribution is 9.11. The van der Waals surface area contributed by atoms with Crippen LogP contribution in [0.3, 0.4) is 0 Å². The van der Waals surface area contributed by atoms with Crippen LogP contribution in [0.1, 0.15) is 11.3 Å². The van der Waals surface area contributed by atoms with E-state index in [1.807, 2.05) is 43.3 Å². The molecule has 0 radical (unpaired) electrons. The quantitative estimate of drug-likeness (QED) is 0.628. The molecular formula is C16H12Br2N4O. The maximum atomic E-state index is 12.6. The summed E-state index contributed by atoms with van der Waals surface area (Å²) in [6, 6.07) is 11.3. The van der Waals surface area contributed by atoms with Crippen molar-refractivity contribution in [3.8, 4) is 5.69 Å². The molecule has 0 saturated carbocycles. The Kier molecular flexibility index (Phi) is 4.58. The van der Waals surface area contributed by atoms with Crippen molar-refractivity contribution in [3.05, 3.63) is 73.2 Å². The second-order valence-corrected chi connectivity index (χ2v) is 6.61. The number of hydrogen-bond acceptors (Lipinski definition) is 3. The zero-order valence-corrected chi connectivity index (χ0v) is 15.3. The molecule has 0 atom stereocenters. The van der Waals surface area contributed by atoms with Gasteiger partial charge in [0.2, 0.25) is 0 Å². The second-order valence-electron chi connectivity index (χ2n) is 4.84. The van der Waals surface area contributed by atoms with Crippen LogP contribution in [0.2, 0.25) is 0 Å². The largest absolute Gasteiger partial charge is 0.295 e. The molecule has 116 valence electrons. The van der Waals surface area contributed by atoms with E-state index in [1.54, 1.807) is 6.20 Å². The van der Waals surface area contributed by atoms with Gasteiger partial charge in [-0.3, -0.25) is 9.89 Å². The molecule has 3 rings (SSSR count). The topological polar surface area (TPSA) is 63.0 Å². The molecule has 5 nitrogen and oxygen atoms in total. The molecule has 2 heterocycles. The minimum absolute atomic E-state index is 0.148. The van der Waals surface area contributed by atoms with E-state index in [9.17, 15) is 4.79 Å². The number of benzene rings is 1. The van der Waals surface area contributed by atoms with E-state index >= 15 is 0 Å². The third kappa shape index (κ3) is 3.35. The molecule has 0 fully saturated rings. The van der Waals surface area contributed by atoms with Gasteiger partial charge in [0, 0.05) is 22.6 Å². The Bertz CT molecular complexity index is 929. The average molecular weight is 436 g/mol. The minimum atomic E-state index is -0.148. The van der Waals surface area contributed by atoms with Crippen LogP contribution in [-0.2, 0) is 0 Å². The molecule has 1 N–H and O–H groups in total. The van der Waals surface area contributed by atoms with Gasteiger partial charge < -0.3 is 0 Å². The van der Waals surface area contributed by atoms with Crippen molar-refractivity contribution in [1.29, 1.82) is 0 Å². The lowest BCUT2D eigenvalue weighted by molar-refractivity contribution is 0.835. The van der Waals surface area contributed by atoms with E-state index in [0.29, 0.717) is 11.4 Å². The predicted octanol–water partition coefficient (Wildman–Crippen LogP) is 4.14. The normalized spacial score (nSPS) is 11.3. The first-order valence-corrected chi connectivity index (χ1v) is 8.37. The number of pyridine rings is 1. The van der Waals surface area contributed by atoms with Gasteiger partial charge in [0.15, 0.2) is 5.82 Å². The molecule has 0 aliphatic heterocycles. The summed E-state index contributed by atoms with van der Waals surface area (Å²) in [7, 11) is 0. The van der Waals surface area contributed by atoms with Crippen molar-refractivity contribution >= 4 is 43.9 Å². The van der Waals surface area contributed by atoms with Crippen LogP contribution < -0.4 is 5.56 Å². The highest BCUT2D eigenvalue weighted by Gasteiger charge is 2.10. The van der Waals surface area contributed by atoms with Gasteiger partial charge in [0.05, 0.1) is 15.7 Å². The first-order valence-electron chi connectivity index (χ1n) is 6.78. The first kappa shape index (κ1) is 15.9. The molecule has 23 heavy (non-hydrogen) atoms. The van der Waals surface area contributed by atoms with Crippen LogP contribution in [0.5, 0.6) is 0 Å². The van der Waals surface area contributed by atoms with E-state index in [1.165, 1.54) is 10.9 Å². The van der Waals surface area contributed by atoms with Gasteiger partial charge in [0.1, 0.15) is 0 Å². The first-order chi connectivity index (χ1) is 11.1. The van der Waals surface area contributed by atoms with E-state index in [4.69, 9.17) is 0 Å². The van der Waals surface area contributed by atoms with Crippen molar-refractivity contribution in [2.24, 2.45) is 4.99 Å². The number of para-hydroxylation sites is 1. The SMILES string of the molecule is Cc1[nH]n(-c2ccccc2)c(=O)c1/C=N/c1ncc(Br)cc1Br. The molecule has 0 aliphatic rings. The fourth-order valence-corrected chi connectivity index (χ4v) is 3.19. The number of hydrogen-bond donors (Lipinski definition) is 1. The van der Waals surface area contributed by atoms with E-state index in [0.717, 1.165) is 20.3 Å². The second kappa shape index (κ2) is 6.64. The lowest BCUT2D eigenvalue weighted by atomic mass is 10.3. The van der Waals surface area contributed by atoms with E-state index in [2.05, 4.69) is 46.9 Å². The highest BCUT2D eigenvalue weighted by Crippen LogP contribution is 2.25. The summed E-state index contributed by atoms with van der Waals surface area (Å²) >= 11 is 6.74. The summed E-state index contributed by atoms with van der Waals surface area (Å²) in [5.41, 5.74) is 1.88. The molecule has 0 spiro atoms. The number of nitrogens with zero attached hydrogens (tertiary/aromatic N) is 3. The predicted molar refractivity (Wildman–Crippen MR) is 98.0 cm³/mol. The zero-order valence-electron chi connectivity index (χ0n) is 12.1. The Hall–Kier alpha value is -1.99. The molecule has 7 heteroatoms. The standard InChI is InChI=1S/C16H12Br2N4O/c1-10-13(9-20-15-14(18)7-11(17)8-19-15)16(23)22(21-10)12-5-3-2-4-6-12/h2-9,21H,1H3/b20-9+. The number of H-pyrrole nitrogens is 1. The Morgan fingerprint density at radius 2 is 2.00 bits per heavy atom. The van der Waals surface area contributed by atoms with Gasteiger partial charge in [-0.2, -0.15) is 0 Å². The Morgan fingerprint density at radius 1 is 1.26 bits per heavy atom. The fourth-order valence-electron chi connectivity index (χ4n) is 2.10. The molecular weight excluding hydrogens is 424 g/mol. The smallest absolute Gasteiger partial charge is 0.280 e. The Labute approximate surface area is 149 Å².